The van der Waals surface area contributed by atoms with E-state index >= 15 is 0 Å². The normalized spacial score (nSPS) is 11.0. The molecule has 0 saturated heterocycles. The van der Waals surface area contributed by atoms with Crippen LogP contribution in [-0.2, 0) is 13.1 Å². The van der Waals surface area contributed by atoms with E-state index in [0.29, 0.717) is 18.1 Å². The minimum atomic E-state index is -0.252. The summed E-state index contributed by atoms with van der Waals surface area (Å²) < 4.78 is 3.45. The van der Waals surface area contributed by atoms with Crippen molar-refractivity contribution in [2.75, 3.05) is 0 Å². The van der Waals surface area contributed by atoms with Gasteiger partial charge < -0.3 is 0 Å². The van der Waals surface area contributed by atoms with E-state index in [9.17, 15) is 4.79 Å². The summed E-state index contributed by atoms with van der Waals surface area (Å²) >= 11 is 15.1. The number of aryl methyl sites for hydroxylation is 2. The van der Waals surface area contributed by atoms with E-state index in [1.165, 1.54) is 10.9 Å². The molecular weight excluding hydrogens is 355 g/mol. The summed E-state index contributed by atoms with van der Waals surface area (Å²) in [5.41, 5.74) is 1.27. The van der Waals surface area contributed by atoms with Crippen LogP contribution in [0, 0.1) is 6.92 Å². The molecule has 8 heteroatoms. The molecule has 0 amide bonds. The molecule has 2 rings (SSSR count). The number of aromatic nitrogens is 4. The van der Waals surface area contributed by atoms with Crippen LogP contribution in [0.25, 0.3) is 0 Å². The van der Waals surface area contributed by atoms with Crippen LogP contribution in [-0.4, -0.2) is 19.3 Å². The lowest BCUT2D eigenvalue weighted by atomic mass is 10.3. The molecular formula is C11H11BrCl2N4O. The van der Waals surface area contributed by atoms with Gasteiger partial charge in [-0.1, -0.05) is 23.2 Å². The molecule has 0 fully saturated rings. The molecule has 0 aliphatic rings. The zero-order valence-corrected chi connectivity index (χ0v) is 13.4. The number of nitrogens with zero attached hydrogens (tertiary/aromatic N) is 4. The first-order valence-corrected chi connectivity index (χ1v) is 7.12. The van der Waals surface area contributed by atoms with Crippen LogP contribution in [0.5, 0.6) is 0 Å². The number of rotatable bonds is 3. The molecule has 2 aromatic heterocycles. The summed E-state index contributed by atoms with van der Waals surface area (Å²) in [6.45, 7) is 4.77. The second-order valence-electron chi connectivity index (χ2n) is 3.94. The van der Waals surface area contributed by atoms with E-state index in [4.69, 9.17) is 23.2 Å². The lowest BCUT2D eigenvalue weighted by Gasteiger charge is -2.08. The van der Waals surface area contributed by atoms with Crippen molar-refractivity contribution < 1.29 is 0 Å². The average Bonchev–Trinajstić information content (AvgIpc) is 2.66. The standard InChI is InChI=1S/C11H11BrCl2N4O/c1-3-18-7(9(13)6(2)16-18)4-17-5-15-10(14)8(12)11(17)19/h5H,3-4H2,1-2H3. The first kappa shape index (κ1) is 14.6. The molecule has 0 aliphatic carbocycles. The Morgan fingerprint density at radius 1 is 1.42 bits per heavy atom. The predicted octanol–water partition coefficient (Wildman–Crippen LogP) is 2.89. The summed E-state index contributed by atoms with van der Waals surface area (Å²) in [6.07, 6.45) is 1.40. The summed E-state index contributed by atoms with van der Waals surface area (Å²) in [7, 11) is 0. The average molecular weight is 366 g/mol. The fourth-order valence-electron chi connectivity index (χ4n) is 1.74. The van der Waals surface area contributed by atoms with Crippen LogP contribution in [0.15, 0.2) is 15.6 Å². The molecule has 0 spiro atoms. The van der Waals surface area contributed by atoms with Crippen molar-refractivity contribution in [1.29, 1.82) is 0 Å². The number of halogens is 3. The molecule has 19 heavy (non-hydrogen) atoms. The van der Waals surface area contributed by atoms with Gasteiger partial charge in [0.1, 0.15) is 4.47 Å². The van der Waals surface area contributed by atoms with Crippen molar-refractivity contribution in [3.8, 4) is 0 Å². The molecule has 5 nitrogen and oxygen atoms in total. The molecule has 0 bridgehead atoms. The largest absolute Gasteiger partial charge is 0.292 e. The second-order valence-corrected chi connectivity index (χ2v) is 5.47. The fourth-order valence-corrected chi connectivity index (χ4v) is 2.39. The molecule has 0 radical (unpaired) electrons. The van der Waals surface area contributed by atoms with Crippen molar-refractivity contribution in [3.63, 3.8) is 0 Å². The third-order valence-electron chi connectivity index (χ3n) is 2.71. The molecule has 102 valence electrons. The minimum absolute atomic E-state index is 0.146. The molecule has 0 N–H and O–H groups in total. The van der Waals surface area contributed by atoms with Gasteiger partial charge in [0.05, 0.1) is 29.3 Å². The van der Waals surface area contributed by atoms with Gasteiger partial charge in [-0.15, -0.1) is 0 Å². The molecule has 0 unspecified atom stereocenters. The maximum Gasteiger partial charge on any atom is 0.269 e. The maximum absolute atomic E-state index is 12.0. The van der Waals surface area contributed by atoms with Crippen molar-refractivity contribution in [1.82, 2.24) is 19.3 Å². The van der Waals surface area contributed by atoms with Crippen molar-refractivity contribution in [3.05, 3.63) is 42.7 Å². The Bertz CT molecular complexity index is 680. The summed E-state index contributed by atoms with van der Waals surface area (Å²) in [5, 5.41) is 5.02. The van der Waals surface area contributed by atoms with Crippen LogP contribution in [0.2, 0.25) is 10.2 Å². The Hall–Kier alpha value is -0.850. The first-order valence-electron chi connectivity index (χ1n) is 5.58. The smallest absolute Gasteiger partial charge is 0.269 e. The van der Waals surface area contributed by atoms with Gasteiger partial charge in [-0.05, 0) is 29.8 Å². The number of hydrogen-bond donors (Lipinski definition) is 0. The van der Waals surface area contributed by atoms with Gasteiger partial charge in [-0.25, -0.2) is 4.98 Å². The van der Waals surface area contributed by atoms with Gasteiger partial charge in [-0.2, -0.15) is 5.10 Å². The molecule has 2 heterocycles. The molecule has 0 saturated carbocycles. The van der Waals surface area contributed by atoms with Crippen LogP contribution < -0.4 is 5.56 Å². The Morgan fingerprint density at radius 3 is 2.74 bits per heavy atom. The second kappa shape index (κ2) is 5.64. The molecule has 0 aromatic carbocycles. The van der Waals surface area contributed by atoms with Gasteiger partial charge >= 0.3 is 0 Å². The lowest BCUT2D eigenvalue weighted by molar-refractivity contribution is 0.587. The van der Waals surface area contributed by atoms with Crippen molar-refractivity contribution in [2.24, 2.45) is 0 Å². The molecule has 0 aliphatic heterocycles. The Balaban J connectivity index is 2.48. The Morgan fingerprint density at radius 2 is 2.11 bits per heavy atom. The highest BCUT2D eigenvalue weighted by atomic mass is 79.9. The van der Waals surface area contributed by atoms with Gasteiger partial charge in [0.25, 0.3) is 5.56 Å². The van der Waals surface area contributed by atoms with Gasteiger partial charge in [0.15, 0.2) is 5.15 Å². The third-order valence-corrected chi connectivity index (χ3v) is 4.43. The predicted molar refractivity (Wildman–Crippen MR) is 78.0 cm³/mol. The Labute approximate surface area is 128 Å². The van der Waals surface area contributed by atoms with E-state index in [-0.39, 0.29) is 15.2 Å². The highest BCUT2D eigenvalue weighted by molar-refractivity contribution is 9.10. The zero-order chi connectivity index (χ0) is 14.2. The van der Waals surface area contributed by atoms with Gasteiger partial charge in [0, 0.05) is 6.54 Å². The van der Waals surface area contributed by atoms with Crippen molar-refractivity contribution in [2.45, 2.75) is 26.9 Å². The van der Waals surface area contributed by atoms with E-state index in [1.807, 2.05) is 13.8 Å². The summed E-state index contributed by atoms with van der Waals surface area (Å²) in [6, 6.07) is 0. The Kier molecular flexibility index (Phi) is 4.32. The van der Waals surface area contributed by atoms with Gasteiger partial charge in [0.2, 0.25) is 0 Å². The molecule has 2 aromatic rings. The SMILES string of the molecule is CCn1nc(C)c(Cl)c1Cn1cnc(Cl)c(Br)c1=O. The summed E-state index contributed by atoms with van der Waals surface area (Å²) in [5.74, 6) is 0. The van der Waals surface area contributed by atoms with Crippen LogP contribution in [0.3, 0.4) is 0 Å². The monoisotopic (exact) mass is 364 g/mol. The molecule has 0 atom stereocenters. The van der Waals surface area contributed by atoms with Crippen LogP contribution in [0.1, 0.15) is 18.3 Å². The minimum Gasteiger partial charge on any atom is -0.292 e. The summed E-state index contributed by atoms with van der Waals surface area (Å²) in [4.78, 5) is 16.0. The highest BCUT2D eigenvalue weighted by Gasteiger charge is 2.15. The third kappa shape index (κ3) is 2.70. The van der Waals surface area contributed by atoms with E-state index in [0.717, 1.165) is 11.4 Å². The van der Waals surface area contributed by atoms with E-state index in [1.54, 1.807) is 4.68 Å². The topological polar surface area (TPSA) is 52.7 Å². The van der Waals surface area contributed by atoms with E-state index in [2.05, 4.69) is 26.0 Å². The quantitative estimate of drug-likeness (QED) is 0.786. The fraction of sp³-hybridized carbons (Fsp3) is 0.364. The van der Waals surface area contributed by atoms with E-state index < -0.39 is 0 Å². The lowest BCUT2D eigenvalue weighted by Crippen LogP contribution is -2.23. The zero-order valence-electron chi connectivity index (χ0n) is 10.3. The number of hydrogen-bond acceptors (Lipinski definition) is 3. The maximum atomic E-state index is 12.0. The van der Waals surface area contributed by atoms with Gasteiger partial charge in [-0.3, -0.25) is 14.0 Å². The van der Waals surface area contributed by atoms with Crippen molar-refractivity contribution >= 4 is 39.1 Å². The van der Waals surface area contributed by atoms with Crippen LogP contribution in [0.4, 0.5) is 0 Å². The first-order chi connectivity index (χ1) is 8.95. The highest BCUT2D eigenvalue weighted by Crippen LogP contribution is 2.21. The van der Waals surface area contributed by atoms with Crippen LogP contribution >= 0.6 is 39.1 Å².